The predicted molar refractivity (Wildman–Crippen MR) is 108 cm³/mol. The zero-order valence-electron chi connectivity index (χ0n) is 17.5. The Morgan fingerprint density at radius 2 is 1.94 bits per heavy atom. The lowest BCUT2D eigenvalue weighted by atomic mass is 9.97. The summed E-state index contributed by atoms with van der Waals surface area (Å²) in [6.07, 6.45) is 1.69. The summed E-state index contributed by atoms with van der Waals surface area (Å²) in [6, 6.07) is 2.01. The molecule has 31 heavy (non-hydrogen) atoms. The second-order valence-electron chi connectivity index (χ2n) is 8.76. The lowest BCUT2D eigenvalue weighted by molar-refractivity contribution is -0.138. The van der Waals surface area contributed by atoms with E-state index in [1.807, 2.05) is 0 Å². The SMILES string of the molecule is CC(C)(O)Cn1ccc(NC(=O)C(CC2CCCC2)n2cc(C(F)(F)F)ccc2=O)n1. The van der Waals surface area contributed by atoms with Crippen molar-refractivity contribution in [3.63, 3.8) is 0 Å². The van der Waals surface area contributed by atoms with E-state index in [1.165, 1.54) is 10.7 Å². The van der Waals surface area contributed by atoms with Crippen molar-refractivity contribution >= 4 is 11.7 Å². The minimum absolute atomic E-state index is 0.157. The van der Waals surface area contributed by atoms with Crippen molar-refractivity contribution in [1.82, 2.24) is 14.3 Å². The van der Waals surface area contributed by atoms with Crippen LogP contribution < -0.4 is 10.9 Å². The number of pyridine rings is 1. The van der Waals surface area contributed by atoms with E-state index < -0.39 is 34.8 Å². The maximum Gasteiger partial charge on any atom is 0.417 e. The van der Waals surface area contributed by atoms with Crippen LogP contribution in [0.1, 0.15) is 57.6 Å². The number of halogens is 3. The topological polar surface area (TPSA) is 89.1 Å². The Bertz CT molecular complexity index is 969. The Morgan fingerprint density at radius 3 is 2.55 bits per heavy atom. The van der Waals surface area contributed by atoms with Crippen LogP contribution in [-0.4, -0.2) is 31.0 Å². The Labute approximate surface area is 177 Å². The number of rotatable bonds is 7. The Morgan fingerprint density at radius 1 is 1.26 bits per heavy atom. The fourth-order valence-electron chi connectivity index (χ4n) is 3.95. The standard InChI is InChI=1S/C21H27F3N4O3/c1-20(2,31)13-27-10-9-17(26-27)25-19(30)16(11-14-5-3-4-6-14)28-12-15(21(22,23)24)7-8-18(28)29/h7-10,12,14,16,31H,3-6,11,13H2,1-2H3,(H,25,26,30). The molecule has 1 aliphatic rings. The average molecular weight is 440 g/mol. The summed E-state index contributed by atoms with van der Waals surface area (Å²) in [4.78, 5) is 25.5. The van der Waals surface area contributed by atoms with Crippen LogP contribution in [0.25, 0.3) is 0 Å². The maximum atomic E-state index is 13.2. The zero-order valence-corrected chi connectivity index (χ0v) is 17.5. The Kier molecular flexibility index (Phi) is 6.59. The second kappa shape index (κ2) is 8.86. The van der Waals surface area contributed by atoms with Gasteiger partial charge in [0.1, 0.15) is 6.04 Å². The van der Waals surface area contributed by atoms with E-state index in [0.717, 1.165) is 42.4 Å². The van der Waals surface area contributed by atoms with Crippen LogP contribution in [0.5, 0.6) is 0 Å². The van der Waals surface area contributed by atoms with Crippen LogP contribution in [0.15, 0.2) is 35.4 Å². The van der Waals surface area contributed by atoms with Gasteiger partial charge < -0.3 is 15.0 Å². The molecule has 0 aliphatic heterocycles. The first-order valence-corrected chi connectivity index (χ1v) is 10.3. The fourth-order valence-corrected chi connectivity index (χ4v) is 3.95. The number of aliphatic hydroxyl groups is 1. The van der Waals surface area contributed by atoms with Crippen LogP contribution in [0.3, 0.4) is 0 Å². The van der Waals surface area contributed by atoms with E-state index in [0.29, 0.717) is 6.20 Å². The minimum atomic E-state index is -4.63. The third kappa shape index (κ3) is 6.19. The second-order valence-corrected chi connectivity index (χ2v) is 8.76. The lowest BCUT2D eigenvalue weighted by Gasteiger charge is -2.23. The van der Waals surface area contributed by atoms with Gasteiger partial charge in [0, 0.05) is 24.5 Å². The van der Waals surface area contributed by atoms with Crippen molar-refractivity contribution in [2.45, 2.75) is 70.3 Å². The molecule has 3 rings (SSSR count). The van der Waals surface area contributed by atoms with Crippen LogP contribution in [0.4, 0.5) is 19.0 Å². The summed E-state index contributed by atoms with van der Waals surface area (Å²) >= 11 is 0. The highest BCUT2D eigenvalue weighted by Crippen LogP contribution is 2.33. The molecular formula is C21H27F3N4O3. The third-order valence-electron chi connectivity index (χ3n) is 5.38. The predicted octanol–water partition coefficient (Wildman–Crippen LogP) is 3.59. The van der Waals surface area contributed by atoms with Crippen LogP contribution in [0, 0.1) is 5.92 Å². The molecule has 0 saturated heterocycles. The fraction of sp³-hybridized carbons (Fsp3) is 0.571. The molecule has 7 nitrogen and oxygen atoms in total. The molecular weight excluding hydrogens is 413 g/mol. The number of carbonyl (C=O) groups excluding carboxylic acids is 1. The van der Waals surface area contributed by atoms with Gasteiger partial charge in [-0.25, -0.2) is 0 Å². The van der Waals surface area contributed by atoms with Crippen molar-refractivity contribution in [3.8, 4) is 0 Å². The van der Waals surface area contributed by atoms with Gasteiger partial charge in [0.25, 0.3) is 5.56 Å². The number of nitrogens with one attached hydrogen (secondary N) is 1. The van der Waals surface area contributed by atoms with Gasteiger partial charge in [-0.3, -0.25) is 14.3 Å². The van der Waals surface area contributed by atoms with E-state index in [1.54, 1.807) is 20.0 Å². The molecule has 1 atom stereocenters. The summed E-state index contributed by atoms with van der Waals surface area (Å²) in [5.41, 5.74) is -2.66. The quantitative estimate of drug-likeness (QED) is 0.689. The van der Waals surface area contributed by atoms with Gasteiger partial charge in [-0.2, -0.15) is 18.3 Å². The smallest absolute Gasteiger partial charge is 0.389 e. The summed E-state index contributed by atoms with van der Waals surface area (Å²) in [6.45, 7) is 3.43. The number of anilines is 1. The van der Waals surface area contributed by atoms with E-state index in [2.05, 4.69) is 10.4 Å². The van der Waals surface area contributed by atoms with Gasteiger partial charge >= 0.3 is 6.18 Å². The molecule has 0 aromatic carbocycles. The number of carbonyl (C=O) groups is 1. The van der Waals surface area contributed by atoms with E-state index in [9.17, 15) is 27.9 Å². The molecule has 2 aromatic rings. The molecule has 0 radical (unpaired) electrons. The first-order valence-electron chi connectivity index (χ1n) is 10.3. The highest BCUT2D eigenvalue weighted by atomic mass is 19.4. The summed E-state index contributed by atoms with van der Waals surface area (Å²) in [5, 5.41) is 16.7. The molecule has 1 aliphatic carbocycles. The normalized spacial score (nSPS) is 16.5. The number of nitrogens with zero attached hydrogens (tertiary/aromatic N) is 3. The third-order valence-corrected chi connectivity index (χ3v) is 5.38. The van der Waals surface area contributed by atoms with Gasteiger partial charge in [-0.05, 0) is 32.3 Å². The van der Waals surface area contributed by atoms with Crippen LogP contribution in [0.2, 0.25) is 0 Å². The summed E-state index contributed by atoms with van der Waals surface area (Å²) in [5.74, 6) is -0.238. The Hall–Kier alpha value is -2.62. The average Bonchev–Trinajstić information content (AvgIpc) is 3.30. The molecule has 1 saturated carbocycles. The first kappa shape index (κ1) is 23.1. The van der Waals surface area contributed by atoms with Crippen molar-refractivity contribution in [2.24, 2.45) is 5.92 Å². The molecule has 2 N–H and O–H groups in total. The lowest BCUT2D eigenvalue weighted by Crippen LogP contribution is -2.35. The molecule has 0 bridgehead atoms. The highest BCUT2D eigenvalue weighted by Gasteiger charge is 2.33. The summed E-state index contributed by atoms with van der Waals surface area (Å²) in [7, 11) is 0. The molecule has 0 spiro atoms. The minimum Gasteiger partial charge on any atom is -0.389 e. The summed E-state index contributed by atoms with van der Waals surface area (Å²) < 4.78 is 41.9. The molecule has 170 valence electrons. The molecule has 2 aromatic heterocycles. The molecule has 1 fully saturated rings. The molecule has 10 heteroatoms. The number of hydrogen-bond acceptors (Lipinski definition) is 4. The maximum absolute atomic E-state index is 13.2. The van der Waals surface area contributed by atoms with Gasteiger partial charge in [0.15, 0.2) is 5.82 Å². The monoisotopic (exact) mass is 440 g/mol. The van der Waals surface area contributed by atoms with E-state index >= 15 is 0 Å². The number of aromatic nitrogens is 3. The van der Waals surface area contributed by atoms with Crippen molar-refractivity contribution in [1.29, 1.82) is 0 Å². The number of hydrogen-bond donors (Lipinski definition) is 2. The van der Waals surface area contributed by atoms with Crippen molar-refractivity contribution in [3.05, 3.63) is 46.5 Å². The Balaban J connectivity index is 1.87. The van der Waals surface area contributed by atoms with Crippen molar-refractivity contribution in [2.75, 3.05) is 5.32 Å². The molecule has 1 amide bonds. The molecule has 1 unspecified atom stereocenters. The van der Waals surface area contributed by atoms with E-state index in [4.69, 9.17) is 0 Å². The number of alkyl halides is 3. The number of amides is 1. The van der Waals surface area contributed by atoms with Crippen LogP contribution in [-0.2, 0) is 17.5 Å². The highest BCUT2D eigenvalue weighted by molar-refractivity contribution is 5.92. The van der Waals surface area contributed by atoms with Crippen molar-refractivity contribution < 1.29 is 23.1 Å². The van der Waals surface area contributed by atoms with Gasteiger partial charge in [-0.1, -0.05) is 25.7 Å². The largest absolute Gasteiger partial charge is 0.417 e. The first-order chi connectivity index (χ1) is 14.4. The zero-order chi connectivity index (χ0) is 22.8. The van der Waals surface area contributed by atoms with Gasteiger partial charge in [0.2, 0.25) is 5.91 Å². The molecule has 2 heterocycles. The van der Waals surface area contributed by atoms with E-state index in [-0.39, 0.29) is 24.7 Å². The van der Waals surface area contributed by atoms with Gasteiger partial charge in [0.05, 0.1) is 17.7 Å². The van der Waals surface area contributed by atoms with Crippen LogP contribution >= 0.6 is 0 Å². The van der Waals surface area contributed by atoms with Gasteiger partial charge in [-0.15, -0.1) is 0 Å².